The predicted molar refractivity (Wildman–Crippen MR) is 131 cm³/mol. The van der Waals surface area contributed by atoms with E-state index in [-0.39, 0.29) is 17.4 Å². The molecule has 0 saturated carbocycles. The van der Waals surface area contributed by atoms with Gasteiger partial charge in [0, 0.05) is 11.1 Å². The molecule has 0 fully saturated rings. The van der Waals surface area contributed by atoms with E-state index in [2.05, 4.69) is 34.6 Å². The highest BCUT2D eigenvalue weighted by atomic mass is 32.2. The molecule has 0 aliphatic carbocycles. The molecule has 10 heteroatoms. The van der Waals surface area contributed by atoms with Crippen molar-refractivity contribution in [1.29, 1.82) is 0 Å². The number of carbonyl (C=O) groups excluding carboxylic acids is 1. The Morgan fingerprint density at radius 2 is 1.94 bits per heavy atom. The topological polar surface area (TPSA) is 105 Å². The Balaban J connectivity index is 1.49. The normalized spacial score (nSPS) is 11.4. The van der Waals surface area contributed by atoms with E-state index in [0.717, 1.165) is 22.0 Å². The van der Waals surface area contributed by atoms with Crippen LogP contribution in [0.5, 0.6) is 5.75 Å². The largest absolute Gasteiger partial charge is 0.508 e. The number of aromatic nitrogens is 4. The summed E-state index contributed by atoms with van der Waals surface area (Å²) in [6, 6.07) is 16.3. The first-order valence-electron chi connectivity index (χ1n) is 10.2. The van der Waals surface area contributed by atoms with Crippen LogP contribution in [0.15, 0.2) is 70.2 Å². The zero-order valence-corrected chi connectivity index (χ0v) is 19.7. The van der Waals surface area contributed by atoms with Crippen molar-refractivity contribution in [1.82, 2.24) is 25.2 Å². The molecule has 4 rings (SSSR count). The summed E-state index contributed by atoms with van der Waals surface area (Å²) in [6.07, 6.45) is 1.52. The summed E-state index contributed by atoms with van der Waals surface area (Å²) in [5.74, 6) is 0.991. The van der Waals surface area contributed by atoms with Crippen LogP contribution in [-0.2, 0) is 4.79 Å². The summed E-state index contributed by atoms with van der Waals surface area (Å²) in [5, 5.41) is 25.4. The first kappa shape index (κ1) is 22.7. The van der Waals surface area contributed by atoms with E-state index in [4.69, 9.17) is 4.98 Å². The Bertz CT molecular complexity index is 1250. The third kappa shape index (κ3) is 5.65. The number of hydrogen-bond acceptors (Lipinski definition) is 8. The number of nitrogens with one attached hydrogen (secondary N) is 1. The molecule has 0 atom stereocenters. The summed E-state index contributed by atoms with van der Waals surface area (Å²) in [6.45, 7) is 4.20. The van der Waals surface area contributed by atoms with Gasteiger partial charge in [0.25, 0.3) is 5.91 Å². The molecule has 0 aliphatic rings. The maximum absolute atomic E-state index is 12.3. The first-order chi connectivity index (χ1) is 16.0. The molecule has 8 nitrogen and oxygen atoms in total. The molecule has 0 radical (unpaired) electrons. The van der Waals surface area contributed by atoms with Gasteiger partial charge in [-0.05, 0) is 47.9 Å². The van der Waals surface area contributed by atoms with Gasteiger partial charge in [0.2, 0.25) is 0 Å². The van der Waals surface area contributed by atoms with Crippen LogP contribution < -0.4 is 5.43 Å². The van der Waals surface area contributed by atoms with Gasteiger partial charge < -0.3 is 5.11 Å². The maximum atomic E-state index is 12.3. The number of phenols is 1. The lowest BCUT2D eigenvalue weighted by atomic mass is 10.2. The predicted octanol–water partition coefficient (Wildman–Crippen LogP) is 4.46. The zero-order chi connectivity index (χ0) is 23.2. The molecule has 2 aromatic heterocycles. The van der Waals surface area contributed by atoms with Gasteiger partial charge in [-0.25, -0.2) is 10.4 Å². The number of aromatic hydroxyl groups is 1. The SMILES string of the molecule is CC(C)c1csc(-c2nnc(SCC(=O)N/N=C/c3ccc(O)cc3)n2-c2ccccc2)n1. The van der Waals surface area contributed by atoms with Crippen molar-refractivity contribution < 1.29 is 9.90 Å². The highest BCUT2D eigenvalue weighted by Crippen LogP contribution is 2.31. The standard InChI is InChI=1S/C23H22N6O2S2/c1-15(2)19-13-32-22(25-19)21-27-28-23(29(21)17-6-4-3-5-7-17)33-14-20(31)26-24-12-16-8-10-18(30)11-9-16/h3-13,15,30H,14H2,1-2H3,(H,26,31)/b24-12+. The summed E-state index contributed by atoms with van der Waals surface area (Å²) >= 11 is 2.80. The van der Waals surface area contributed by atoms with E-state index >= 15 is 0 Å². The summed E-state index contributed by atoms with van der Waals surface area (Å²) in [4.78, 5) is 17.0. The van der Waals surface area contributed by atoms with Crippen molar-refractivity contribution in [3.8, 4) is 22.3 Å². The molecular formula is C23H22N6O2S2. The highest BCUT2D eigenvalue weighted by Gasteiger charge is 2.20. The molecule has 168 valence electrons. The third-order valence-corrected chi connectivity index (χ3v) is 6.37. The number of nitrogens with zero attached hydrogens (tertiary/aromatic N) is 5. The van der Waals surface area contributed by atoms with E-state index in [0.29, 0.717) is 16.9 Å². The molecule has 0 unspecified atom stereocenters. The number of rotatable bonds is 8. The van der Waals surface area contributed by atoms with Crippen LogP contribution in [0.3, 0.4) is 0 Å². The van der Waals surface area contributed by atoms with Crippen LogP contribution >= 0.6 is 23.1 Å². The van der Waals surface area contributed by atoms with Crippen molar-refractivity contribution in [3.05, 3.63) is 71.2 Å². The molecule has 2 aromatic carbocycles. The van der Waals surface area contributed by atoms with E-state index in [9.17, 15) is 9.90 Å². The lowest BCUT2D eigenvalue weighted by Gasteiger charge is -2.08. The molecule has 0 saturated heterocycles. The van der Waals surface area contributed by atoms with Crippen molar-refractivity contribution in [2.45, 2.75) is 24.9 Å². The first-order valence-corrected chi connectivity index (χ1v) is 12.1. The number of para-hydroxylation sites is 1. The van der Waals surface area contributed by atoms with Gasteiger partial charge in [-0.15, -0.1) is 21.5 Å². The van der Waals surface area contributed by atoms with Gasteiger partial charge in [-0.1, -0.05) is 43.8 Å². The van der Waals surface area contributed by atoms with Crippen LogP contribution in [-0.4, -0.2) is 42.7 Å². The summed E-state index contributed by atoms with van der Waals surface area (Å²) in [5.41, 5.74) is 5.18. The van der Waals surface area contributed by atoms with E-state index in [1.165, 1.54) is 29.3 Å². The van der Waals surface area contributed by atoms with Gasteiger partial charge in [-0.3, -0.25) is 9.36 Å². The average Bonchev–Trinajstić information content (AvgIpc) is 3.47. The number of thioether (sulfide) groups is 1. The fourth-order valence-electron chi connectivity index (χ4n) is 2.87. The van der Waals surface area contributed by atoms with Crippen LogP contribution in [0.4, 0.5) is 0 Å². The van der Waals surface area contributed by atoms with Crippen molar-refractivity contribution >= 4 is 35.2 Å². The zero-order valence-electron chi connectivity index (χ0n) is 18.0. The van der Waals surface area contributed by atoms with Crippen molar-refractivity contribution in [2.24, 2.45) is 5.10 Å². The number of phenolic OH excluding ortho intramolecular Hbond substituents is 1. The number of thiazole rings is 1. The van der Waals surface area contributed by atoms with Gasteiger partial charge in [0.1, 0.15) is 5.75 Å². The van der Waals surface area contributed by atoms with Crippen molar-refractivity contribution in [3.63, 3.8) is 0 Å². The van der Waals surface area contributed by atoms with Gasteiger partial charge in [0.15, 0.2) is 16.0 Å². The lowest BCUT2D eigenvalue weighted by molar-refractivity contribution is -0.118. The highest BCUT2D eigenvalue weighted by molar-refractivity contribution is 7.99. The van der Waals surface area contributed by atoms with Gasteiger partial charge in [0.05, 0.1) is 17.7 Å². The number of hydrogen-bond donors (Lipinski definition) is 2. The Labute approximate surface area is 199 Å². The molecule has 0 spiro atoms. The fourth-order valence-corrected chi connectivity index (χ4v) is 4.56. The Hall–Kier alpha value is -3.50. The van der Waals surface area contributed by atoms with Crippen LogP contribution in [0.25, 0.3) is 16.5 Å². The van der Waals surface area contributed by atoms with Crippen LogP contribution in [0, 0.1) is 0 Å². The molecule has 2 heterocycles. The maximum Gasteiger partial charge on any atom is 0.250 e. The molecule has 0 aliphatic heterocycles. The molecule has 4 aromatic rings. The third-order valence-electron chi connectivity index (χ3n) is 4.58. The minimum Gasteiger partial charge on any atom is -0.508 e. The number of hydrazone groups is 1. The monoisotopic (exact) mass is 478 g/mol. The molecule has 1 amide bonds. The molecule has 33 heavy (non-hydrogen) atoms. The van der Waals surface area contributed by atoms with E-state index < -0.39 is 0 Å². The Morgan fingerprint density at radius 3 is 2.64 bits per heavy atom. The van der Waals surface area contributed by atoms with E-state index in [1.807, 2.05) is 40.3 Å². The lowest BCUT2D eigenvalue weighted by Crippen LogP contribution is -2.20. The van der Waals surface area contributed by atoms with E-state index in [1.54, 1.807) is 24.3 Å². The second kappa shape index (κ2) is 10.4. The van der Waals surface area contributed by atoms with Crippen LogP contribution in [0.2, 0.25) is 0 Å². The number of amides is 1. The van der Waals surface area contributed by atoms with Crippen LogP contribution in [0.1, 0.15) is 31.0 Å². The summed E-state index contributed by atoms with van der Waals surface area (Å²) < 4.78 is 1.92. The Morgan fingerprint density at radius 1 is 1.18 bits per heavy atom. The van der Waals surface area contributed by atoms with Gasteiger partial charge in [-0.2, -0.15) is 5.10 Å². The molecule has 2 N–H and O–H groups in total. The number of benzene rings is 2. The molecular weight excluding hydrogens is 456 g/mol. The van der Waals surface area contributed by atoms with Crippen molar-refractivity contribution in [2.75, 3.05) is 5.75 Å². The quantitative estimate of drug-likeness (QED) is 0.220. The second-order valence-electron chi connectivity index (χ2n) is 7.38. The summed E-state index contributed by atoms with van der Waals surface area (Å²) in [7, 11) is 0. The fraction of sp³-hybridized carbons (Fsp3) is 0.174. The second-order valence-corrected chi connectivity index (χ2v) is 9.18. The molecule has 0 bridgehead atoms. The number of carbonyl (C=O) groups is 1. The Kier molecular flexibility index (Phi) is 7.16. The average molecular weight is 479 g/mol. The van der Waals surface area contributed by atoms with Gasteiger partial charge >= 0.3 is 0 Å². The minimum absolute atomic E-state index is 0.118. The smallest absolute Gasteiger partial charge is 0.250 e. The minimum atomic E-state index is -0.268.